The van der Waals surface area contributed by atoms with Crippen molar-refractivity contribution in [3.63, 3.8) is 0 Å². The number of phosphoric acid groups is 1. The number of allylic oxidation sites excluding steroid dienone is 4. The molecule has 0 aliphatic rings. The Morgan fingerprint density at radius 2 is 1.08 bits per heavy atom. The van der Waals surface area contributed by atoms with Gasteiger partial charge < -0.3 is 25.2 Å². The number of aliphatic hydroxyl groups is 1. The zero-order valence-electron chi connectivity index (χ0n) is 31.9. The van der Waals surface area contributed by atoms with Crippen LogP contribution in [0.2, 0.25) is 0 Å². The van der Waals surface area contributed by atoms with Crippen LogP contribution in [0.5, 0.6) is 0 Å². The van der Waals surface area contributed by atoms with Gasteiger partial charge in [-0.3, -0.25) is 18.6 Å². The quantitative estimate of drug-likeness (QED) is 0.0208. The van der Waals surface area contributed by atoms with Crippen molar-refractivity contribution in [1.29, 1.82) is 0 Å². The number of carbonyl (C=O) groups is 3. The van der Waals surface area contributed by atoms with Crippen molar-refractivity contribution >= 4 is 25.7 Å². The second-order valence-electron chi connectivity index (χ2n) is 13.5. The van der Waals surface area contributed by atoms with Crippen LogP contribution in [0.25, 0.3) is 0 Å². The molecule has 0 bridgehead atoms. The second-order valence-corrected chi connectivity index (χ2v) is 14.9. The molecule has 3 unspecified atom stereocenters. The molecule has 51 heavy (non-hydrogen) atoms. The summed E-state index contributed by atoms with van der Waals surface area (Å²) < 4.78 is 26.7. The number of esters is 1. The number of carboxylic acid groups (broad SMARTS) is 1. The van der Waals surface area contributed by atoms with Crippen LogP contribution in [0.1, 0.15) is 174 Å². The van der Waals surface area contributed by atoms with Crippen LogP contribution in [-0.4, -0.2) is 64.9 Å². The Balaban J connectivity index is 3.97. The molecule has 0 aromatic carbocycles. The van der Waals surface area contributed by atoms with Gasteiger partial charge in [-0.25, -0.2) is 9.36 Å². The number of ether oxygens (including phenoxy) is 1. The molecule has 0 aliphatic carbocycles. The van der Waals surface area contributed by atoms with E-state index in [-0.39, 0.29) is 12.8 Å². The Bertz CT molecular complexity index is 974. The number of aliphatic hydroxyl groups excluding tert-OH is 1. The maximum Gasteiger partial charge on any atom is 0.472 e. The van der Waals surface area contributed by atoms with Gasteiger partial charge in [0, 0.05) is 12.8 Å². The topological polar surface area (TPSA) is 169 Å². The third-order valence-electron chi connectivity index (χ3n) is 8.49. The molecule has 0 saturated carbocycles. The van der Waals surface area contributed by atoms with E-state index in [0.29, 0.717) is 12.8 Å². The number of rotatable bonds is 37. The molecule has 298 valence electrons. The summed E-state index contributed by atoms with van der Waals surface area (Å²) in [5, 5.41) is 21.7. The minimum Gasteiger partial charge on any atom is -0.480 e. The monoisotopic (exact) mass is 745 g/mol. The van der Waals surface area contributed by atoms with Crippen LogP contribution >= 0.6 is 7.82 Å². The summed E-state index contributed by atoms with van der Waals surface area (Å²) in [6.07, 6.45) is 33.5. The summed E-state index contributed by atoms with van der Waals surface area (Å²) in [5.74, 6) is -2.39. The van der Waals surface area contributed by atoms with Crippen molar-refractivity contribution in [2.24, 2.45) is 0 Å². The van der Waals surface area contributed by atoms with Crippen molar-refractivity contribution in [2.75, 3.05) is 19.8 Å². The zero-order valence-corrected chi connectivity index (χ0v) is 32.8. The lowest BCUT2D eigenvalue weighted by atomic mass is 10.0. The summed E-state index contributed by atoms with van der Waals surface area (Å²) >= 11 is 0. The van der Waals surface area contributed by atoms with Gasteiger partial charge in [-0.2, -0.15) is 0 Å². The number of nitrogens with one attached hydrogen (secondary N) is 1. The molecule has 4 N–H and O–H groups in total. The lowest BCUT2D eigenvalue weighted by molar-refractivity contribution is -0.147. The summed E-state index contributed by atoms with van der Waals surface area (Å²) in [4.78, 5) is 45.7. The molecule has 11 nitrogen and oxygen atoms in total. The number of amides is 1. The lowest BCUT2D eigenvalue weighted by Gasteiger charge is -2.18. The normalized spacial score (nSPS) is 14.1. The fraction of sp³-hybridized carbons (Fsp3) is 0.821. The minimum atomic E-state index is -4.75. The van der Waals surface area contributed by atoms with Gasteiger partial charge in [-0.15, -0.1) is 0 Å². The summed E-state index contributed by atoms with van der Waals surface area (Å²) in [6, 6.07) is -1.55. The number of unbranched alkanes of at least 4 members (excludes halogenated alkanes) is 19. The highest BCUT2D eigenvalue weighted by Gasteiger charge is 2.28. The predicted octanol–water partition coefficient (Wildman–Crippen LogP) is 9.50. The molecule has 0 radical (unpaired) electrons. The first-order valence-corrected chi connectivity index (χ1v) is 21.4. The van der Waals surface area contributed by atoms with Gasteiger partial charge in [-0.1, -0.05) is 141 Å². The Labute approximate surface area is 309 Å². The maximum atomic E-state index is 12.3. The average molecular weight is 746 g/mol. The molecule has 0 rings (SSSR count). The number of carbonyl (C=O) groups excluding carboxylic acids is 2. The van der Waals surface area contributed by atoms with Crippen LogP contribution in [0, 0.1) is 0 Å². The fourth-order valence-corrected chi connectivity index (χ4v) is 6.12. The number of phosphoric ester groups is 1. The van der Waals surface area contributed by atoms with Crippen molar-refractivity contribution < 1.29 is 47.8 Å². The fourth-order valence-electron chi connectivity index (χ4n) is 5.34. The third kappa shape index (κ3) is 34.8. The molecule has 0 aromatic rings. The van der Waals surface area contributed by atoms with E-state index in [1.807, 2.05) is 0 Å². The van der Waals surface area contributed by atoms with Gasteiger partial charge in [0.15, 0.2) is 6.04 Å². The van der Waals surface area contributed by atoms with Crippen molar-refractivity contribution in [2.45, 2.75) is 187 Å². The van der Waals surface area contributed by atoms with E-state index in [1.54, 1.807) is 0 Å². The lowest BCUT2D eigenvalue weighted by Crippen LogP contribution is -2.43. The summed E-state index contributed by atoms with van der Waals surface area (Å²) in [7, 11) is -4.75. The molecular weight excluding hydrogens is 673 g/mol. The van der Waals surface area contributed by atoms with Gasteiger partial charge in [0.05, 0.1) is 13.2 Å². The van der Waals surface area contributed by atoms with Crippen LogP contribution in [0.3, 0.4) is 0 Å². The van der Waals surface area contributed by atoms with E-state index in [1.165, 1.54) is 70.6 Å². The van der Waals surface area contributed by atoms with Crippen molar-refractivity contribution in [1.82, 2.24) is 5.32 Å². The van der Waals surface area contributed by atoms with E-state index in [4.69, 9.17) is 13.8 Å². The van der Waals surface area contributed by atoms with E-state index in [0.717, 1.165) is 64.2 Å². The number of aliphatic carboxylic acids is 1. The van der Waals surface area contributed by atoms with Crippen LogP contribution in [0.4, 0.5) is 0 Å². The standard InChI is InChI=1S/C39H72NO10P/c1-3-5-7-9-11-13-15-17-18-19-20-22-24-26-28-30-37(42)40-36(39(44)45)34-50-51(46,47)49-33-35(41)32-48-38(43)31-29-27-25-23-21-16-14-12-10-8-6-4-2/h11,13,17-18,35-36,41H,3-10,12,14-16,19-34H2,1-2H3,(H,40,42)(H,44,45)(H,46,47)/b13-11-,18-17-. The van der Waals surface area contributed by atoms with Crippen LogP contribution in [-0.2, 0) is 32.7 Å². The number of hydrogen-bond acceptors (Lipinski definition) is 8. The molecule has 0 saturated heterocycles. The Hall–Kier alpha value is -2.04. The van der Waals surface area contributed by atoms with Gasteiger partial charge in [-0.05, 0) is 44.9 Å². The molecule has 0 aliphatic heterocycles. The first kappa shape index (κ1) is 49.0. The molecule has 3 atom stereocenters. The maximum absolute atomic E-state index is 12.3. The molecule has 0 fully saturated rings. The number of carboxylic acids is 1. The number of hydrogen-bond donors (Lipinski definition) is 4. The smallest absolute Gasteiger partial charge is 0.472 e. The van der Waals surface area contributed by atoms with Gasteiger partial charge in [0.2, 0.25) is 5.91 Å². The highest BCUT2D eigenvalue weighted by molar-refractivity contribution is 7.47. The first-order valence-electron chi connectivity index (χ1n) is 19.9. The Morgan fingerprint density at radius 1 is 0.627 bits per heavy atom. The van der Waals surface area contributed by atoms with E-state index in [2.05, 4.69) is 43.5 Å². The summed E-state index contributed by atoms with van der Waals surface area (Å²) in [6.45, 7) is 2.54. The highest BCUT2D eigenvalue weighted by Crippen LogP contribution is 2.43. The van der Waals surface area contributed by atoms with E-state index >= 15 is 0 Å². The van der Waals surface area contributed by atoms with E-state index < -0.39 is 57.6 Å². The van der Waals surface area contributed by atoms with Gasteiger partial charge >= 0.3 is 19.8 Å². The Kier molecular flexibility index (Phi) is 33.6. The molecular formula is C39H72NO10P. The molecule has 1 amide bonds. The minimum absolute atomic E-state index is 0.131. The zero-order chi connectivity index (χ0) is 37.8. The third-order valence-corrected chi connectivity index (χ3v) is 9.44. The molecule has 0 heterocycles. The SMILES string of the molecule is CCCCC/C=C\C/C=C\CCCCCCCC(=O)NC(COP(=O)(O)OCC(O)COC(=O)CCCCCCCCCCCCCC)C(=O)O. The van der Waals surface area contributed by atoms with Crippen LogP contribution in [0.15, 0.2) is 24.3 Å². The average Bonchev–Trinajstić information content (AvgIpc) is 3.10. The van der Waals surface area contributed by atoms with Gasteiger partial charge in [0.1, 0.15) is 12.7 Å². The van der Waals surface area contributed by atoms with Crippen molar-refractivity contribution in [3.05, 3.63) is 24.3 Å². The predicted molar refractivity (Wildman–Crippen MR) is 203 cm³/mol. The van der Waals surface area contributed by atoms with E-state index in [9.17, 15) is 34.1 Å². The molecule has 12 heteroatoms. The summed E-state index contributed by atoms with van der Waals surface area (Å²) in [5.41, 5.74) is 0. The largest absolute Gasteiger partial charge is 0.480 e. The first-order chi connectivity index (χ1) is 24.6. The van der Waals surface area contributed by atoms with Gasteiger partial charge in [0.25, 0.3) is 0 Å². The van der Waals surface area contributed by atoms with Crippen LogP contribution < -0.4 is 5.32 Å². The Morgan fingerprint density at radius 3 is 1.63 bits per heavy atom. The highest BCUT2D eigenvalue weighted by atomic mass is 31.2. The van der Waals surface area contributed by atoms with Crippen molar-refractivity contribution in [3.8, 4) is 0 Å². The second kappa shape index (κ2) is 35.0. The molecule has 0 aromatic heterocycles. The molecule has 0 spiro atoms.